The van der Waals surface area contributed by atoms with Gasteiger partial charge in [-0.2, -0.15) is 0 Å². The Balaban J connectivity index is 1.71. The van der Waals surface area contributed by atoms with Crippen molar-refractivity contribution in [2.24, 2.45) is 0 Å². The molecule has 2 aromatic carbocycles. The fraction of sp³-hybridized carbons (Fsp3) is 0.192. The van der Waals surface area contributed by atoms with Gasteiger partial charge in [-0.25, -0.2) is 9.78 Å². The van der Waals surface area contributed by atoms with E-state index < -0.39 is 11.9 Å². The van der Waals surface area contributed by atoms with E-state index >= 15 is 0 Å². The molecule has 1 heterocycles. The highest BCUT2D eigenvalue weighted by molar-refractivity contribution is 6.07. The summed E-state index contributed by atoms with van der Waals surface area (Å²) in [6, 6.07) is 15.8. The molecule has 1 N–H and O–H groups in total. The van der Waals surface area contributed by atoms with E-state index in [2.05, 4.69) is 48.5 Å². The van der Waals surface area contributed by atoms with Crippen molar-refractivity contribution >= 4 is 34.4 Å². The zero-order valence-corrected chi connectivity index (χ0v) is 17.3. The molecule has 0 saturated heterocycles. The molecule has 0 spiro atoms. The van der Waals surface area contributed by atoms with Gasteiger partial charge >= 0.3 is 5.97 Å². The molecular weight excluding hydrogens is 388 g/mol. The highest BCUT2D eigenvalue weighted by atomic mass is 16.5. The molecule has 0 atom stereocenters. The SMILES string of the molecule is C#CCNC(=O)COC(=O)c1c2c(nc3ccccc13)/C(=C/c1ccc(C)cc1)CC2. The van der Waals surface area contributed by atoms with E-state index in [9.17, 15) is 9.59 Å². The molecule has 0 aliphatic heterocycles. The molecule has 1 aliphatic rings. The van der Waals surface area contributed by atoms with Gasteiger partial charge in [0.15, 0.2) is 6.61 Å². The lowest BCUT2D eigenvalue weighted by molar-refractivity contribution is -0.123. The number of aromatic nitrogens is 1. The second kappa shape index (κ2) is 8.85. The van der Waals surface area contributed by atoms with Crippen LogP contribution in [0.15, 0.2) is 48.5 Å². The lowest BCUT2D eigenvalue weighted by Gasteiger charge is -2.12. The summed E-state index contributed by atoms with van der Waals surface area (Å²) in [5.41, 5.74) is 6.28. The quantitative estimate of drug-likeness (QED) is 0.511. The van der Waals surface area contributed by atoms with Crippen LogP contribution in [0, 0.1) is 19.3 Å². The molecule has 0 radical (unpaired) electrons. The number of benzene rings is 2. The van der Waals surface area contributed by atoms with Crippen LogP contribution in [-0.2, 0) is 16.0 Å². The summed E-state index contributed by atoms with van der Waals surface area (Å²) in [5, 5.41) is 3.22. The average Bonchev–Trinajstić information content (AvgIpc) is 3.17. The number of para-hydroxylation sites is 1. The molecule has 0 saturated carbocycles. The minimum Gasteiger partial charge on any atom is -0.452 e. The third kappa shape index (κ3) is 4.34. The Morgan fingerprint density at radius 3 is 2.71 bits per heavy atom. The second-order valence-corrected chi connectivity index (χ2v) is 7.47. The maximum Gasteiger partial charge on any atom is 0.339 e. The van der Waals surface area contributed by atoms with Gasteiger partial charge in [-0.1, -0.05) is 53.9 Å². The van der Waals surface area contributed by atoms with Crippen molar-refractivity contribution in [1.82, 2.24) is 10.3 Å². The van der Waals surface area contributed by atoms with Gasteiger partial charge in [0, 0.05) is 5.39 Å². The van der Waals surface area contributed by atoms with Gasteiger partial charge in [0.2, 0.25) is 0 Å². The predicted octanol–water partition coefficient (Wildman–Crippen LogP) is 3.94. The summed E-state index contributed by atoms with van der Waals surface area (Å²) in [6.07, 6.45) is 8.74. The number of amides is 1. The molecule has 1 aliphatic carbocycles. The van der Waals surface area contributed by atoms with Crippen LogP contribution in [-0.4, -0.2) is 30.0 Å². The molecule has 5 nitrogen and oxygen atoms in total. The van der Waals surface area contributed by atoms with Crippen LogP contribution in [0.1, 0.15) is 39.2 Å². The van der Waals surface area contributed by atoms with Crippen molar-refractivity contribution < 1.29 is 14.3 Å². The van der Waals surface area contributed by atoms with Gasteiger partial charge in [0.1, 0.15) is 0 Å². The number of esters is 1. The molecular formula is C26H22N2O3. The monoisotopic (exact) mass is 410 g/mol. The summed E-state index contributed by atoms with van der Waals surface area (Å²) in [4.78, 5) is 29.7. The Morgan fingerprint density at radius 2 is 1.94 bits per heavy atom. The smallest absolute Gasteiger partial charge is 0.339 e. The molecule has 31 heavy (non-hydrogen) atoms. The third-order valence-corrected chi connectivity index (χ3v) is 5.29. The summed E-state index contributed by atoms with van der Waals surface area (Å²) in [6.45, 7) is 1.77. The summed E-state index contributed by atoms with van der Waals surface area (Å²) in [5.74, 6) is 1.36. The minimum absolute atomic E-state index is 0.0944. The van der Waals surface area contributed by atoms with Crippen molar-refractivity contribution in [3.63, 3.8) is 0 Å². The Kier molecular flexibility index (Phi) is 5.81. The number of carbonyl (C=O) groups is 2. The van der Waals surface area contributed by atoms with Crippen LogP contribution in [0.25, 0.3) is 22.6 Å². The zero-order valence-electron chi connectivity index (χ0n) is 17.3. The molecule has 0 bridgehead atoms. The largest absolute Gasteiger partial charge is 0.452 e. The average molecular weight is 410 g/mol. The highest BCUT2D eigenvalue weighted by Crippen LogP contribution is 2.37. The van der Waals surface area contributed by atoms with Gasteiger partial charge < -0.3 is 10.1 Å². The van der Waals surface area contributed by atoms with Crippen molar-refractivity contribution in [2.45, 2.75) is 19.8 Å². The molecule has 0 fully saturated rings. The van der Waals surface area contributed by atoms with E-state index in [1.807, 2.05) is 24.3 Å². The number of aryl methyl sites for hydroxylation is 1. The topological polar surface area (TPSA) is 68.3 Å². The number of allylic oxidation sites excluding steroid dienone is 1. The Morgan fingerprint density at radius 1 is 1.16 bits per heavy atom. The first-order valence-electron chi connectivity index (χ1n) is 10.1. The van der Waals surface area contributed by atoms with E-state index in [1.165, 1.54) is 5.56 Å². The summed E-state index contributed by atoms with van der Waals surface area (Å²) < 4.78 is 5.32. The number of hydrogen-bond donors (Lipinski definition) is 1. The van der Waals surface area contributed by atoms with Crippen LogP contribution >= 0.6 is 0 Å². The van der Waals surface area contributed by atoms with Gasteiger partial charge in [0.05, 0.1) is 23.3 Å². The van der Waals surface area contributed by atoms with Gasteiger partial charge in [0.25, 0.3) is 5.91 Å². The van der Waals surface area contributed by atoms with Crippen LogP contribution in [0.4, 0.5) is 0 Å². The number of nitrogens with one attached hydrogen (secondary N) is 1. The number of nitrogens with zero attached hydrogens (tertiary/aromatic N) is 1. The molecule has 3 aromatic rings. The Bertz CT molecular complexity index is 1230. The number of terminal acetylenes is 1. The molecule has 0 unspecified atom stereocenters. The van der Waals surface area contributed by atoms with Gasteiger partial charge in [-0.15, -0.1) is 6.42 Å². The van der Waals surface area contributed by atoms with E-state index in [-0.39, 0.29) is 13.2 Å². The van der Waals surface area contributed by atoms with Crippen LogP contribution in [0.3, 0.4) is 0 Å². The number of hydrogen-bond acceptors (Lipinski definition) is 4. The van der Waals surface area contributed by atoms with Crippen molar-refractivity contribution in [1.29, 1.82) is 0 Å². The van der Waals surface area contributed by atoms with Crippen LogP contribution in [0.5, 0.6) is 0 Å². The first kappa shape index (κ1) is 20.4. The van der Waals surface area contributed by atoms with E-state index in [1.54, 1.807) is 0 Å². The number of fused-ring (bicyclic) bond motifs is 2. The highest BCUT2D eigenvalue weighted by Gasteiger charge is 2.27. The standard InChI is InChI=1S/C26H22N2O3/c1-3-14-27-23(29)16-31-26(30)24-20-6-4-5-7-22(20)28-25-19(12-13-21(24)25)15-18-10-8-17(2)9-11-18/h1,4-11,15H,12-14,16H2,2H3,(H,27,29)/b19-15+. The fourth-order valence-electron chi connectivity index (χ4n) is 3.78. The minimum atomic E-state index is -0.526. The van der Waals surface area contributed by atoms with Crippen molar-refractivity contribution in [3.05, 3.63) is 76.5 Å². The lowest BCUT2D eigenvalue weighted by Crippen LogP contribution is -2.29. The second-order valence-electron chi connectivity index (χ2n) is 7.47. The van der Waals surface area contributed by atoms with E-state index in [0.29, 0.717) is 12.0 Å². The molecule has 1 amide bonds. The van der Waals surface area contributed by atoms with E-state index in [4.69, 9.17) is 16.1 Å². The third-order valence-electron chi connectivity index (χ3n) is 5.29. The number of ether oxygens (including phenoxy) is 1. The fourth-order valence-corrected chi connectivity index (χ4v) is 3.78. The summed E-state index contributed by atoms with van der Waals surface area (Å²) in [7, 11) is 0. The molecule has 4 rings (SSSR count). The zero-order chi connectivity index (χ0) is 21.8. The van der Waals surface area contributed by atoms with Crippen LogP contribution < -0.4 is 5.32 Å². The normalized spacial score (nSPS) is 13.6. The summed E-state index contributed by atoms with van der Waals surface area (Å²) >= 11 is 0. The Hall–Kier alpha value is -3.91. The molecule has 1 aromatic heterocycles. The number of carbonyl (C=O) groups excluding carboxylic acids is 2. The molecule has 5 heteroatoms. The first-order valence-corrected chi connectivity index (χ1v) is 10.1. The number of rotatable bonds is 5. The predicted molar refractivity (Wildman–Crippen MR) is 121 cm³/mol. The maximum atomic E-state index is 13.0. The van der Waals surface area contributed by atoms with Crippen molar-refractivity contribution in [2.75, 3.05) is 13.2 Å². The van der Waals surface area contributed by atoms with Gasteiger partial charge in [-0.3, -0.25) is 4.79 Å². The first-order chi connectivity index (χ1) is 15.1. The van der Waals surface area contributed by atoms with Gasteiger partial charge in [-0.05, 0) is 48.6 Å². The Labute approximate surface area is 181 Å². The lowest BCUT2D eigenvalue weighted by atomic mass is 10.0. The number of pyridine rings is 1. The van der Waals surface area contributed by atoms with Crippen molar-refractivity contribution in [3.8, 4) is 12.3 Å². The maximum absolute atomic E-state index is 13.0. The molecule has 154 valence electrons. The van der Waals surface area contributed by atoms with E-state index in [0.717, 1.165) is 39.7 Å². The van der Waals surface area contributed by atoms with Crippen LogP contribution in [0.2, 0.25) is 0 Å².